The number of nitrogens with zero attached hydrogens (tertiary/aromatic N) is 4. The van der Waals surface area contributed by atoms with Crippen molar-refractivity contribution in [1.29, 1.82) is 0 Å². The zero-order valence-corrected chi connectivity index (χ0v) is 23.5. The molecule has 3 aliphatic rings. The Balaban J connectivity index is 1.34. The molecule has 2 aromatic rings. The van der Waals surface area contributed by atoms with Crippen molar-refractivity contribution in [2.75, 3.05) is 39.1 Å². The fourth-order valence-corrected chi connectivity index (χ4v) is 6.12. The number of rotatable bonds is 8. The number of carbonyl (C=O) groups excluding carboxylic acids is 2. The number of benzene rings is 1. The van der Waals surface area contributed by atoms with Gasteiger partial charge in [-0.25, -0.2) is 9.97 Å². The summed E-state index contributed by atoms with van der Waals surface area (Å²) in [5.41, 5.74) is -0.108. The van der Waals surface area contributed by atoms with E-state index in [1.54, 1.807) is 18.2 Å². The fourth-order valence-electron chi connectivity index (χ4n) is 6.12. The van der Waals surface area contributed by atoms with Crippen molar-refractivity contribution in [2.24, 2.45) is 5.92 Å². The van der Waals surface area contributed by atoms with Gasteiger partial charge in [0.15, 0.2) is 0 Å². The van der Waals surface area contributed by atoms with Crippen molar-refractivity contribution in [1.82, 2.24) is 25.1 Å². The van der Waals surface area contributed by atoms with Crippen molar-refractivity contribution < 1.29 is 27.5 Å². The smallest absolute Gasteiger partial charge is 0.419 e. The number of halogens is 3. The molecule has 2 atom stereocenters. The van der Waals surface area contributed by atoms with E-state index in [2.05, 4.69) is 32.5 Å². The lowest BCUT2D eigenvalue weighted by Gasteiger charge is -2.44. The summed E-state index contributed by atoms with van der Waals surface area (Å²) in [4.78, 5) is 37.3. The number of piperidine rings is 1. The Morgan fingerprint density at radius 2 is 1.88 bits per heavy atom. The molecule has 1 saturated carbocycles. The van der Waals surface area contributed by atoms with Crippen molar-refractivity contribution >= 4 is 23.5 Å². The Kier molecular flexibility index (Phi) is 8.67. The molecule has 9 nitrogen and oxygen atoms in total. The first kappa shape index (κ1) is 29.1. The predicted molar refractivity (Wildman–Crippen MR) is 147 cm³/mol. The molecular weight excluding hydrogens is 537 g/mol. The standard InChI is InChI=1S/C29H37F3N6O3/c1-37-12-9-20(10-13-37)34-27(40)19-7-8-22(25(16-19)41-2)35-28-33-17-21(29(30,31)32)23(36-28)15-18-5-3-4-6-24(18)38-14-11-26(38)39/h7-8,16-18,20,24H,3-6,9-15H2,1-2H3,(H,34,40)(H,33,35,36)/t18-,24+/m0/s1. The van der Waals surface area contributed by atoms with Crippen LogP contribution < -0.4 is 15.4 Å². The Morgan fingerprint density at radius 3 is 2.54 bits per heavy atom. The second-order valence-electron chi connectivity index (χ2n) is 11.3. The average Bonchev–Trinajstić information content (AvgIpc) is 2.94. The highest BCUT2D eigenvalue weighted by Gasteiger charge is 2.40. The van der Waals surface area contributed by atoms with Crippen LogP contribution in [0.25, 0.3) is 0 Å². The number of hydrogen-bond donors (Lipinski definition) is 2. The van der Waals surface area contributed by atoms with E-state index in [0.717, 1.165) is 57.8 Å². The topological polar surface area (TPSA) is 99.7 Å². The largest absolute Gasteiger partial charge is 0.495 e. The van der Waals surface area contributed by atoms with Crippen LogP contribution in [0, 0.1) is 5.92 Å². The summed E-state index contributed by atoms with van der Waals surface area (Å²) in [5.74, 6) is 0.101. The number of hydrogen-bond acceptors (Lipinski definition) is 7. The van der Waals surface area contributed by atoms with Crippen LogP contribution in [0.2, 0.25) is 0 Å². The number of nitrogens with one attached hydrogen (secondary N) is 2. The van der Waals surface area contributed by atoms with Crippen LogP contribution in [0.5, 0.6) is 5.75 Å². The normalized spacial score (nSPS) is 22.3. The summed E-state index contributed by atoms with van der Waals surface area (Å²) in [5, 5.41) is 6.05. The second-order valence-corrected chi connectivity index (χ2v) is 11.3. The number of methoxy groups -OCH3 is 1. The molecule has 0 radical (unpaired) electrons. The predicted octanol–water partition coefficient (Wildman–Crippen LogP) is 4.41. The number of aromatic nitrogens is 2. The average molecular weight is 575 g/mol. The molecule has 2 N–H and O–H groups in total. The molecule has 2 saturated heterocycles. The van der Waals surface area contributed by atoms with Gasteiger partial charge >= 0.3 is 6.18 Å². The minimum absolute atomic E-state index is 0.00205. The number of anilines is 2. The van der Waals surface area contributed by atoms with Crippen LogP contribution in [0.3, 0.4) is 0 Å². The van der Waals surface area contributed by atoms with Crippen molar-refractivity contribution in [3.05, 3.63) is 41.2 Å². The highest BCUT2D eigenvalue weighted by Crippen LogP contribution is 2.38. The van der Waals surface area contributed by atoms with Crippen LogP contribution in [0.1, 0.15) is 66.6 Å². The first-order chi connectivity index (χ1) is 19.6. The molecule has 0 bridgehead atoms. The van der Waals surface area contributed by atoms with Gasteiger partial charge in [0.1, 0.15) is 5.75 Å². The van der Waals surface area contributed by atoms with E-state index in [9.17, 15) is 22.8 Å². The lowest BCUT2D eigenvalue weighted by molar-refractivity contribution is -0.146. The molecular formula is C29H37F3N6O3. The molecule has 5 rings (SSSR count). The van der Waals surface area contributed by atoms with Gasteiger partial charge in [-0.1, -0.05) is 12.8 Å². The minimum atomic E-state index is -4.61. The molecule has 0 spiro atoms. The lowest BCUT2D eigenvalue weighted by Crippen LogP contribution is -2.54. The number of carbonyl (C=O) groups is 2. The minimum Gasteiger partial charge on any atom is -0.495 e. The number of ether oxygens (including phenoxy) is 1. The molecule has 1 aromatic heterocycles. The molecule has 0 unspecified atom stereocenters. The lowest BCUT2D eigenvalue weighted by atomic mass is 9.79. The van der Waals surface area contributed by atoms with Crippen LogP contribution in [0.4, 0.5) is 24.8 Å². The van der Waals surface area contributed by atoms with E-state index in [1.165, 1.54) is 7.11 Å². The summed E-state index contributed by atoms with van der Waals surface area (Å²) in [6.07, 6.45) is 1.97. The Bertz CT molecular complexity index is 1260. The van der Waals surface area contributed by atoms with Gasteiger partial charge in [-0.3, -0.25) is 9.59 Å². The summed E-state index contributed by atoms with van der Waals surface area (Å²) in [7, 11) is 3.51. The van der Waals surface area contributed by atoms with Crippen molar-refractivity contribution in [3.63, 3.8) is 0 Å². The maximum Gasteiger partial charge on any atom is 0.419 e. The number of alkyl halides is 3. The van der Waals surface area contributed by atoms with Gasteiger partial charge in [0, 0.05) is 36.8 Å². The Hall–Kier alpha value is -3.41. The summed E-state index contributed by atoms with van der Waals surface area (Å²) < 4.78 is 47.4. The highest BCUT2D eigenvalue weighted by atomic mass is 19.4. The summed E-state index contributed by atoms with van der Waals surface area (Å²) in [6, 6.07) is 4.90. The zero-order valence-electron chi connectivity index (χ0n) is 23.5. The first-order valence-corrected chi connectivity index (χ1v) is 14.3. The van der Waals surface area contributed by atoms with E-state index in [4.69, 9.17) is 4.74 Å². The quantitative estimate of drug-likeness (QED) is 0.451. The number of likely N-dealkylation sites (tertiary alicyclic amines) is 2. The molecule has 3 heterocycles. The van der Waals surface area contributed by atoms with Crippen molar-refractivity contribution in [2.45, 2.75) is 69.6 Å². The van der Waals surface area contributed by atoms with Crippen LogP contribution in [0.15, 0.2) is 24.4 Å². The SMILES string of the molecule is COc1cc(C(=O)NC2CCN(C)CC2)ccc1Nc1ncc(C(F)(F)F)c(C[C@@H]2CCCC[C@H]2N2CCC2=O)n1. The summed E-state index contributed by atoms with van der Waals surface area (Å²) >= 11 is 0. The molecule has 2 aliphatic heterocycles. The van der Waals surface area contributed by atoms with E-state index in [0.29, 0.717) is 30.0 Å². The van der Waals surface area contributed by atoms with Crippen LogP contribution in [-0.4, -0.2) is 77.5 Å². The zero-order chi connectivity index (χ0) is 29.1. The molecule has 12 heteroatoms. The third-order valence-electron chi connectivity index (χ3n) is 8.55. The fraction of sp³-hybridized carbons (Fsp3) is 0.586. The molecule has 41 heavy (non-hydrogen) atoms. The molecule has 2 amide bonds. The first-order valence-electron chi connectivity index (χ1n) is 14.3. The third-order valence-corrected chi connectivity index (χ3v) is 8.55. The molecule has 222 valence electrons. The van der Waals surface area contributed by atoms with E-state index in [1.807, 2.05) is 4.90 Å². The van der Waals surface area contributed by atoms with Crippen molar-refractivity contribution in [3.8, 4) is 5.75 Å². The van der Waals surface area contributed by atoms with Gasteiger partial charge in [-0.2, -0.15) is 13.2 Å². The van der Waals surface area contributed by atoms with Gasteiger partial charge < -0.3 is 25.2 Å². The van der Waals surface area contributed by atoms with E-state index in [-0.39, 0.29) is 47.9 Å². The van der Waals surface area contributed by atoms with Crippen LogP contribution in [-0.2, 0) is 17.4 Å². The second kappa shape index (κ2) is 12.2. The Morgan fingerprint density at radius 1 is 1.12 bits per heavy atom. The van der Waals surface area contributed by atoms with Gasteiger partial charge in [-0.05, 0) is 76.4 Å². The van der Waals surface area contributed by atoms with E-state index >= 15 is 0 Å². The highest BCUT2D eigenvalue weighted by molar-refractivity contribution is 5.95. The summed E-state index contributed by atoms with van der Waals surface area (Å²) in [6.45, 7) is 2.50. The number of amides is 2. The Labute approximate surface area is 237 Å². The van der Waals surface area contributed by atoms with Gasteiger partial charge in [0.25, 0.3) is 5.91 Å². The van der Waals surface area contributed by atoms with E-state index < -0.39 is 11.7 Å². The van der Waals surface area contributed by atoms with Gasteiger partial charge in [-0.15, -0.1) is 0 Å². The molecule has 1 aliphatic carbocycles. The number of β-lactam (4-membered cyclic amide) rings is 1. The van der Waals surface area contributed by atoms with Crippen LogP contribution >= 0.6 is 0 Å². The van der Waals surface area contributed by atoms with Gasteiger partial charge in [0.05, 0.1) is 24.1 Å². The maximum atomic E-state index is 14.0. The monoisotopic (exact) mass is 574 g/mol. The maximum absolute atomic E-state index is 14.0. The third kappa shape index (κ3) is 6.74. The molecule has 3 fully saturated rings. The molecule has 1 aromatic carbocycles. The van der Waals surface area contributed by atoms with Gasteiger partial charge in [0.2, 0.25) is 11.9 Å².